The van der Waals surface area contributed by atoms with Gasteiger partial charge in [-0.3, -0.25) is 14.8 Å². The molecule has 12 heteroatoms. The molecule has 0 bridgehead atoms. The molecule has 1 heterocycles. The van der Waals surface area contributed by atoms with Crippen LogP contribution in [0.25, 0.3) is 0 Å². The van der Waals surface area contributed by atoms with Crippen LogP contribution in [0.3, 0.4) is 0 Å². The molecule has 11 nitrogen and oxygen atoms in total. The summed E-state index contributed by atoms with van der Waals surface area (Å²) in [6.07, 6.45) is 0.202. The quantitative estimate of drug-likeness (QED) is 0.593. The van der Waals surface area contributed by atoms with Gasteiger partial charge in [0.15, 0.2) is 5.78 Å². The lowest BCUT2D eigenvalue weighted by atomic mass is 10.1. The van der Waals surface area contributed by atoms with E-state index in [1.54, 1.807) is 30.7 Å². The van der Waals surface area contributed by atoms with Crippen molar-refractivity contribution in [2.45, 2.75) is 20.3 Å². The predicted molar refractivity (Wildman–Crippen MR) is 96.9 cm³/mol. The molecule has 2 amide bonds. The molecular formula is C15H18N6O5S. The lowest BCUT2D eigenvalue weighted by molar-refractivity contribution is 0.0989. The standard InChI is InChI=1S/C15H18N6O5S/c1-4-12(22)10-7-5-6-8-11(10)20-27(24,25)21-14(23)18-13-16-9(2)17-15(19-13)26-3/h5-8,20H,4H2,1-3H3,(H2,16,17,18,19,21,23). The van der Waals surface area contributed by atoms with E-state index >= 15 is 0 Å². The molecule has 0 aliphatic heterocycles. The normalized spacial score (nSPS) is 10.8. The molecule has 2 aromatic rings. The molecule has 0 saturated carbocycles. The summed E-state index contributed by atoms with van der Waals surface area (Å²) in [5.74, 6) is -0.163. The van der Waals surface area contributed by atoms with E-state index in [1.807, 2.05) is 0 Å². The maximum atomic E-state index is 12.2. The topological polar surface area (TPSA) is 152 Å². The van der Waals surface area contributed by atoms with Gasteiger partial charge in [0.2, 0.25) is 5.95 Å². The maximum absolute atomic E-state index is 12.2. The fraction of sp³-hybridized carbons (Fsp3) is 0.267. The molecule has 0 aliphatic carbocycles. The highest BCUT2D eigenvalue weighted by atomic mass is 32.2. The number of amides is 2. The molecule has 144 valence electrons. The van der Waals surface area contributed by atoms with Crippen LogP contribution in [0.4, 0.5) is 16.4 Å². The third kappa shape index (κ3) is 5.60. The molecular weight excluding hydrogens is 376 g/mol. The van der Waals surface area contributed by atoms with E-state index in [0.29, 0.717) is 0 Å². The van der Waals surface area contributed by atoms with Gasteiger partial charge in [-0.25, -0.2) is 9.52 Å². The zero-order valence-corrected chi connectivity index (χ0v) is 15.6. The van der Waals surface area contributed by atoms with Gasteiger partial charge in [-0.15, -0.1) is 0 Å². The predicted octanol–water partition coefficient (Wildman–Crippen LogP) is 1.26. The van der Waals surface area contributed by atoms with Crippen LogP contribution in [0.2, 0.25) is 0 Å². The summed E-state index contributed by atoms with van der Waals surface area (Å²) in [5.41, 5.74) is 0.255. The van der Waals surface area contributed by atoms with E-state index in [2.05, 4.69) is 25.0 Å². The van der Waals surface area contributed by atoms with Crippen LogP contribution in [0.5, 0.6) is 6.01 Å². The van der Waals surface area contributed by atoms with Gasteiger partial charge < -0.3 is 4.74 Å². The Morgan fingerprint density at radius 1 is 1.15 bits per heavy atom. The number of carbonyl (C=O) groups is 2. The average molecular weight is 394 g/mol. The second-order valence-electron chi connectivity index (χ2n) is 5.18. The minimum atomic E-state index is -4.31. The van der Waals surface area contributed by atoms with Gasteiger partial charge in [0.05, 0.1) is 12.8 Å². The number of Topliss-reactive ketones (excluding diaryl/α,β-unsaturated/α-hetero) is 1. The fourth-order valence-corrected chi connectivity index (χ4v) is 2.84. The lowest BCUT2D eigenvalue weighted by Gasteiger charge is -2.12. The van der Waals surface area contributed by atoms with Crippen molar-refractivity contribution in [3.63, 3.8) is 0 Å². The number of aromatic nitrogens is 3. The molecule has 3 N–H and O–H groups in total. The fourth-order valence-electron chi connectivity index (χ4n) is 2.03. The summed E-state index contributed by atoms with van der Waals surface area (Å²) in [6, 6.07) is 4.94. The Kier molecular flexibility index (Phi) is 6.23. The first-order chi connectivity index (χ1) is 12.7. The number of aryl methyl sites for hydroxylation is 1. The largest absolute Gasteiger partial charge is 0.467 e. The number of nitrogens with zero attached hydrogens (tertiary/aromatic N) is 3. The highest BCUT2D eigenvalue weighted by Gasteiger charge is 2.19. The number of urea groups is 1. The van der Waals surface area contributed by atoms with Crippen LogP contribution in [-0.2, 0) is 10.2 Å². The van der Waals surface area contributed by atoms with Crippen molar-refractivity contribution < 1.29 is 22.7 Å². The molecule has 27 heavy (non-hydrogen) atoms. The van der Waals surface area contributed by atoms with E-state index in [4.69, 9.17) is 4.74 Å². The number of rotatable bonds is 7. The first-order valence-corrected chi connectivity index (χ1v) is 9.23. The molecule has 0 aliphatic rings. The third-order valence-electron chi connectivity index (χ3n) is 3.15. The number of benzene rings is 1. The number of hydrogen-bond donors (Lipinski definition) is 3. The van der Waals surface area contributed by atoms with Gasteiger partial charge in [0.1, 0.15) is 5.82 Å². The minimum Gasteiger partial charge on any atom is -0.467 e. The Hall–Kier alpha value is -3.28. The van der Waals surface area contributed by atoms with E-state index in [-0.39, 0.29) is 41.2 Å². The number of carbonyl (C=O) groups excluding carboxylic acids is 2. The van der Waals surface area contributed by atoms with E-state index < -0.39 is 16.2 Å². The van der Waals surface area contributed by atoms with E-state index in [0.717, 1.165) is 0 Å². The van der Waals surface area contributed by atoms with Crippen LogP contribution in [0, 0.1) is 6.92 Å². The lowest BCUT2D eigenvalue weighted by Crippen LogP contribution is -2.39. The summed E-state index contributed by atoms with van der Waals surface area (Å²) in [6.45, 7) is 3.21. The number of nitrogens with one attached hydrogen (secondary N) is 3. The summed E-state index contributed by atoms with van der Waals surface area (Å²) < 4.78 is 33.1. The molecule has 0 atom stereocenters. The molecule has 0 radical (unpaired) electrons. The van der Waals surface area contributed by atoms with Crippen LogP contribution < -0.4 is 19.5 Å². The molecule has 0 fully saturated rings. The number of para-hydroxylation sites is 1. The number of ketones is 1. The average Bonchev–Trinajstić information content (AvgIpc) is 2.59. The van der Waals surface area contributed by atoms with Gasteiger partial charge in [-0.05, 0) is 19.1 Å². The van der Waals surface area contributed by atoms with Crippen LogP contribution in [0.15, 0.2) is 24.3 Å². The SMILES string of the molecule is CCC(=O)c1ccccc1NS(=O)(=O)NC(=O)Nc1nc(C)nc(OC)n1. The highest BCUT2D eigenvalue weighted by molar-refractivity contribution is 7.91. The van der Waals surface area contributed by atoms with Crippen molar-refractivity contribution in [3.05, 3.63) is 35.7 Å². The Bertz CT molecular complexity index is 963. The number of methoxy groups -OCH3 is 1. The van der Waals surface area contributed by atoms with Crippen molar-refractivity contribution in [1.29, 1.82) is 0 Å². The van der Waals surface area contributed by atoms with Gasteiger partial charge in [0.25, 0.3) is 0 Å². The minimum absolute atomic E-state index is 0.0363. The second kappa shape index (κ2) is 8.40. The van der Waals surface area contributed by atoms with Crippen LogP contribution in [0.1, 0.15) is 29.5 Å². The first kappa shape index (κ1) is 20.0. The van der Waals surface area contributed by atoms with Gasteiger partial charge in [0, 0.05) is 12.0 Å². The van der Waals surface area contributed by atoms with Gasteiger partial charge in [-0.1, -0.05) is 19.1 Å². The zero-order chi connectivity index (χ0) is 20.0. The Morgan fingerprint density at radius 2 is 1.85 bits per heavy atom. The molecule has 1 aromatic heterocycles. The zero-order valence-electron chi connectivity index (χ0n) is 14.8. The van der Waals surface area contributed by atoms with Crippen molar-refractivity contribution in [2.75, 3.05) is 17.1 Å². The van der Waals surface area contributed by atoms with Crippen molar-refractivity contribution in [2.24, 2.45) is 0 Å². The summed E-state index contributed by atoms with van der Waals surface area (Å²) in [4.78, 5) is 35.3. The molecule has 2 rings (SSSR count). The van der Waals surface area contributed by atoms with Gasteiger partial charge >= 0.3 is 22.3 Å². The van der Waals surface area contributed by atoms with Crippen LogP contribution >= 0.6 is 0 Å². The van der Waals surface area contributed by atoms with Crippen molar-refractivity contribution >= 4 is 33.7 Å². The number of anilines is 2. The molecule has 0 spiro atoms. The van der Waals surface area contributed by atoms with Crippen molar-refractivity contribution in [1.82, 2.24) is 19.7 Å². The Balaban J connectivity index is 2.12. The first-order valence-electron chi connectivity index (χ1n) is 7.74. The number of hydrogen-bond acceptors (Lipinski definition) is 8. The third-order valence-corrected chi connectivity index (χ3v) is 4.10. The van der Waals surface area contributed by atoms with E-state index in [1.165, 1.54) is 19.2 Å². The second-order valence-corrected chi connectivity index (χ2v) is 6.59. The maximum Gasteiger partial charge on any atom is 0.336 e. The summed E-state index contributed by atoms with van der Waals surface area (Å²) in [7, 11) is -2.98. The molecule has 0 saturated heterocycles. The summed E-state index contributed by atoms with van der Waals surface area (Å²) in [5, 5.41) is 2.17. The van der Waals surface area contributed by atoms with E-state index in [9.17, 15) is 18.0 Å². The smallest absolute Gasteiger partial charge is 0.336 e. The van der Waals surface area contributed by atoms with Crippen molar-refractivity contribution in [3.8, 4) is 6.01 Å². The Labute approximate surface area is 155 Å². The van der Waals surface area contributed by atoms with Crippen LogP contribution in [-0.4, -0.2) is 42.3 Å². The van der Waals surface area contributed by atoms with Gasteiger partial charge in [-0.2, -0.15) is 23.4 Å². The monoisotopic (exact) mass is 394 g/mol. The summed E-state index contributed by atoms with van der Waals surface area (Å²) >= 11 is 0. The molecule has 1 aromatic carbocycles. The highest BCUT2D eigenvalue weighted by Crippen LogP contribution is 2.18. The molecule has 0 unspecified atom stereocenters. The Morgan fingerprint density at radius 3 is 2.52 bits per heavy atom. The number of ether oxygens (including phenoxy) is 1.